The summed E-state index contributed by atoms with van der Waals surface area (Å²) in [4.78, 5) is 31.3. The third-order valence-electron chi connectivity index (χ3n) is 3.34. The van der Waals surface area contributed by atoms with E-state index in [-0.39, 0.29) is 17.1 Å². The van der Waals surface area contributed by atoms with E-state index >= 15 is 0 Å². The molecule has 0 aromatic carbocycles. The van der Waals surface area contributed by atoms with Gasteiger partial charge in [0.2, 0.25) is 0 Å². The summed E-state index contributed by atoms with van der Waals surface area (Å²) in [6.07, 6.45) is 1.63. The molecule has 0 saturated heterocycles. The molecule has 3 aromatic heterocycles. The number of Topliss-reactive ketones (excluding diaryl/α,β-unsaturated/α-hetero) is 1. The number of fused-ring (bicyclic) bond motifs is 1. The predicted octanol–water partition coefficient (Wildman–Crippen LogP) is 5.30. The molecule has 0 unspecified atom stereocenters. The van der Waals surface area contributed by atoms with Crippen LogP contribution in [0.25, 0.3) is 10.2 Å². The molecule has 0 aliphatic rings. The van der Waals surface area contributed by atoms with Gasteiger partial charge in [-0.05, 0) is 19.1 Å². The van der Waals surface area contributed by atoms with Crippen molar-refractivity contribution in [2.75, 3.05) is 5.75 Å². The summed E-state index contributed by atoms with van der Waals surface area (Å²) in [5, 5.41) is 1.08. The van der Waals surface area contributed by atoms with E-state index in [1.165, 1.54) is 27.7 Å². The zero-order valence-electron chi connectivity index (χ0n) is 13.0. The van der Waals surface area contributed by atoms with E-state index in [1.807, 2.05) is 13.0 Å². The van der Waals surface area contributed by atoms with E-state index in [0.29, 0.717) is 36.2 Å². The second-order valence-electron chi connectivity index (χ2n) is 5.12. The van der Waals surface area contributed by atoms with Crippen LogP contribution < -0.4 is 5.56 Å². The average molecular weight is 431 g/mol. The van der Waals surface area contributed by atoms with Crippen LogP contribution in [0, 0.1) is 6.92 Å². The number of halogens is 2. The van der Waals surface area contributed by atoms with Crippen molar-refractivity contribution < 1.29 is 4.79 Å². The second kappa shape index (κ2) is 7.63. The summed E-state index contributed by atoms with van der Waals surface area (Å²) in [6.45, 7) is 5.95. The number of nitrogens with zero attached hydrogens (tertiary/aromatic N) is 2. The molecule has 0 atom stereocenters. The summed E-state index contributed by atoms with van der Waals surface area (Å²) in [6, 6.07) is 3.40. The molecule has 3 aromatic rings. The molecule has 3 heterocycles. The van der Waals surface area contributed by atoms with Crippen LogP contribution in [-0.2, 0) is 6.54 Å². The van der Waals surface area contributed by atoms with Gasteiger partial charge in [-0.15, -0.1) is 29.3 Å². The van der Waals surface area contributed by atoms with Crippen LogP contribution in [-0.4, -0.2) is 21.1 Å². The fourth-order valence-electron chi connectivity index (χ4n) is 2.26. The fourth-order valence-corrected chi connectivity index (χ4v) is 5.57. The molecule has 0 radical (unpaired) electrons. The molecule has 130 valence electrons. The molecule has 9 heteroatoms. The van der Waals surface area contributed by atoms with Gasteiger partial charge in [0.15, 0.2) is 10.9 Å². The number of carbonyl (C=O) groups excluding carboxylic acids is 1. The number of carbonyl (C=O) groups is 1. The topological polar surface area (TPSA) is 52.0 Å². The van der Waals surface area contributed by atoms with Crippen LogP contribution in [0.2, 0.25) is 8.67 Å². The van der Waals surface area contributed by atoms with Crippen molar-refractivity contribution in [2.24, 2.45) is 0 Å². The van der Waals surface area contributed by atoms with Gasteiger partial charge in [-0.3, -0.25) is 14.2 Å². The number of allylic oxidation sites excluding steroid dienone is 1. The first kappa shape index (κ1) is 18.7. The predicted molar refractivity (Wildman–Crippen MR) is 108 cm³/mol. The van der Waals surface area contributed by atoms with Crippen molar-refractivity contribution in [3.8, 4) is 0 Å². The standard InChI is InChI=1S/C16H12Cl2N2O2S3/c1-3-4-20-15(22)10-5-8(2)24-14(10)19-16(20)23-7-11(21)9-6-12(17)25-13(9)18/h3,5-6H,1,4,7H2,2H3. The van der Waals surface area contributed by atoms with E-state index in [9.17, 15) is 9.59 Å². The van der Waals surface area contributed by atoms with Gasteiger partial charge < -0.3 is 0 Å². The van der Waals surface area contributed by atoms with Gasteiger partial charge in [0.05, 0.1) is 15.5 Å². The highest BCUT2D eigenvalue weighted by Gasteiger charge is 2.18. The van der Waals surface area contributed by atoms with Gasteiger partial charge in [0.1, 0.15) is 9.17 Å². The SMILES string of the molecule is C=CCn1c(SCC(=O)c2cc(Cl)sc2Cl)nc2sc(C)cc2c1=O. The Morgan fingerprint density at radius 1 is 1.40 bits per heavy atom. The number of hydrogen-bond acceptors (Lipinski definition) is 6. The van der Waals surface area contributed by atoms with E-state index < -0.39 is 0 Å². The Morgan fingerprint density at radius 2 is 2.16 bits per heavy atom. The highest BCUT2D eigenvalue weighted by atomic mass is 35.5. The Bertz CT molecular complexity index is 1040. The third kappa shape index (κ3) is 3.85. The zero-order chi connectivity index (χ0) is 18.1. The van der Waals surface area contributed by atoms with Gasteiger partial charge in [0.25, 0.3) is 5.56 Å². The maximum Gasteiger partial charge on any atom is 0.263 e. The zero-order valence-corrected chi connectivity index (χ0v) is 17.0. The number of ketones is 1. The van der Waals surface area contributed by atoms with E-state index in [2.05, 4.69) is 11.6 Å². The quantitative estimate of drug-likeness (QED) is 0.230. The van der Waals surface area contributed by atoms with Gasteiger partial charge in [-0.2, -0.15) is 0 Å². The molecule has 25 heavy (non-hydrogen) atoms. The van der Waals surface area contributed by atoms with E-state index in [1.54, 1.807) is 12.1 Å². The normalized spacial score (nSPS) is 11.2. The van der Waals surface area contributed by atoms with Crippen LogP contribution in [0.3, 0.4) is 0 Å². The van der Waals surface area contributed by atoms with Crippen LogP contribution in [0.4, 0.5) is 0 Å². The van der Waals surface area contributed by atoms with Gasteiger partial charge in [0, 0.05) is 17.0 Å². The molecule has 0 fully saturated rings. The Balaban J connectivity index is 1.93. The lowest BCUT2D eigenvalue weighted by Crippen LogP contribution is -2.22. The number of rotatable bonds is 6. The first-order chi connectivity index (χ1) is 11.9. The van der Waals surface area contributed by atoms with Crippen molar-refractivity contribution >= 4 is 73.6 Å². The largest absolute Gasteiger partial charge is 0.293 e. The van der Waals surface area contributed by atoms with E-state index in [4.69, 9.17) is 23.2 Å². The average Bonchev–Trinajstić information content (AvgIpc) is 3.09. The Labute approximate surface area is 166 Å². The maximum absolute atomic E-state index is 12.7. The Hall–Kier alpha value is -1.12. The van der Waals surface area contributed by atoms with Crippen molar-refractivity contribution in [3.63, 3.8) is 0 Å². The monoisotopic (exact) mass is 430 g/mol. The lowest BCUT2D eigenvalue weighted by atomic mass is 10.2. The number of hydrogen-bond donors (Lipinski definition) is 0. The molecule has 3 rings (SSSR count). The van der Waals surface area contributed by atoms with Crippen molar-refractivity contribution in [2.45, 2.75) is 18.6 Å². The van der Waals surface area contributed by atoms with Gasteiger partial charge >= 0.3 is 0 Å². The number of thioether (sulfide) groups is 1. The molecule has 4 nitrogen and oxygen atoms in total. The molecule has 0 saturated carbocycles. The summed E-state index contributed by atoms with van der Waals surface area (Å²) in [5.74, 6) is -0.0355. The van der Waals surface area contributed by atoms with Gasteiger partial charge in [-0.1, -0.05) is 41.0 Å². The number of aromatic nitrogens is 2. The summed E-state index contributed by atoms with van der Waals surface area (Å²) in [7, 11) is 0. The van der Waals surface area contributed by atoms with Crippen molar-refractivity contribution in [3.05, 3.63) is 54.3 Å². The second-order valence-corrected chi connectivity index (χ2v) is 9.59. The van der Waals surface area contributed by atoms with Crippen LogP contribution in [0.15, 0.2) is 34.7 Å². The molecular weight excluding hydrogens is 419 g/mol. The molecule has 0 amide bonds. The maximum atomic E-state index is 12.7. The van der Waals surface area contributed by atoms with Crippen molar-refractivity contribution in [1.82, 2.24) is 9.55 Å². The highest BCUT2D eigenvalue weighted by Crippen LogP contribution is 2.32. The van der Waals surface area contributed by atoms with Gasteiger partial charge in [-0.25, -0.2) is 4.98 Å². The fraction of sp³-hybridized carbons (Fsp3) is 0.188. The number of aryl methyl sites for hydroxylation is 1. The molecule has 0 N–H and O–H groups in total. The van der Waals surface area contributed by atoms with Crippen LogP contribution in [0.1, 0.15) is 15.2 Å². The smallest absolute Gasteiger partial charge is 0.263 e. The van der Waals surface area contributed by atoms with E-state index in [0.717, 1.165) is 16.2 Å². The highest BCUT2D eigenvalue weighted by molar-refractivity contribution is 7.99. The summed E-state index contributed by atoms with van der Waals surface area (Å²) >= 11 is 15.7. The summed E-state index contributed by atoms with van der Waals surface area (Å²) < 4.78 is 2.37. The lowest BCUT2D eigenvalue weighted by molar-refractivity contribution is 0.102. The molecule has 0 bridgehead atoms. The minimum atomic E-state index is -0.153. The summed E-state index contributed by atoms with van der Waals surface area (Å²) in [5.41, 5.74) is 0.274. The first-order valence-electron chi connectivity index (χ1n) is 7.13. The minimum Gasteiger partial charge on any atom is -0.293 e. The molecule has 0 aliphatic heterocycles. The van der Waals surface area contributed by atoms with Crippen LogP contribution in [0.5, 0.6) is 0 Å². The lowest BCUT2D eigenvalue weighted by Gasteiger charge is -2.09. The number of thiophene rings is 2. The third-order valence-corrected chi connectivity index (χ3v) is 6.75. The first-order valence-corrected chi connectivity index (χ1v) is 10.5. The van der Waals surface area contributed by atoms with Crippen molar-refractivity contribution in [1.29, 1.82) is 0 Å². The molecular formula is C16H12Cl2N2O2S3. The Kier molecular flexibility index (Phi) is 5.70. The minimum absolute atomic E-state index is 0.117. The molecule has 0 aliphatic carbocycles. The van der Waals surface area contributed by atoms with Crippen LogP contribution >= 0.6 is 57.6 Å². The Morgan fingerprint density at radius 3 is 2.80 bits per heavy atom. The molecule has 0 spiro atoms.